The van der Waals surface area contributed by atoms with Gasteiger partial charge in [-0.3, -0.25) is 10.1 Å². The molecule has 0 bridgehead atoms. The molecule has 0 aliphatic heterocycles. The van der Waals surface area contributed by atoms with Gasteiger partial charge in [0.2, 0.25) is 5.75 Å². The van der Waals surface area contributed by atoms with E-state index in [4.69, 9.17) is 4.18 Å². The Kier molecular flexibility index (Phi) is 8.32. The first-order valence-corrected chi connectivity index (χ1v) is 9.62. The van der Waals surface area contributed by atoms with Gasteiger partial charge in [0.25, 0.3) is 0 Å². The predicted octanol–water partition coefficient (Wildman–Crippen LogP) is 6.58. The van der Waals surface area contributed by atoms with Crippen LogP contribution in [0, 0.1) is 10.1 Å². The maximum Gasteiger partial charge on any atom is 0.312 e. The Labute approximate surface area is 154 Å². The molecule has 0 atom stereocenters. The summed E-state index contributed by atoms with van der Waals surface area (Å²) in [5.41, 5.74) is 0.944. The van der Waals surface area contributed by atoms with Crippen molar-refractivity contribution in [2.75, 3.05) is 0 Å². The number of para-hydroxylation sites is 1. The minimum atomic E-state index is -0.369. The standard InChI is InChI=1S/C20H25NO3S/c1-2-3-4-5-6-8-12-17-13-11-16-19(21(22)23)20(17)24-25-18-14-9-7-10-15-18/h7,9-11,13-16H,2-6,8,12H2,1H3. The topological polar surface area (TPSA) is 52.4 Å². The third-order valence-corrected chi connectivity index (χ3v) is 4.75. The van der Waals surface area contributed by atoms with Crippen LogP contribution in [-0.4, -0.2) is 4.92 Å². The van der Waals surface area contributed by atoms with E-state index in [1.807, 2.05) is 36.4 Å². The van der Waals surface area contributed by atoms with Crippen LogP contribution in [0.1, 0.15) is 51.0 Å². The van der Waals surface area contributed by atoms with E-state index in [0.29, 0.717) is 5.75 Å². The van der Waals surface area contributed by atoms with Gasteiger partial charge in [0.05, 0.1) is 17.0 Å². The lowest BCUT2D eigenvalue weighted by atomic mass is 10.0. The van der Waals surface area contributed by atoms with Crippen LogP contribution in [0.15, 0.2) is 53.4 Å². The number of aryl methyl sites for hydroxylation is 1. The summed E-state index contributed by atoms with van der Waals surface area (Å²) in [4.78, 5) is 11.9. The number of rotatable bonds is 11. The van der Waals surface area contributed by atoms with Crippen LogP contribution < -0.4 is 4.18 Å². The molecule has 0 saturated carbocycles. The molecule has 0 fully saturated rings. The Morgan fingerprint density at radius 1 is 0.960 bits per heavy atom. The average Bonchev–Trinajstić information content (AvgIpc) is 2.64. The third kappa shape index (κ3) is 6.42. The van der Waals surface area contributed by atoms with Gasteiger partial charge >= 0.3 is 5.69 Å². The van der Waals surface area contributed by atoms with Gasteiger partial charge in [-0.2, -0.15) is 0 Å². The molecular formula is C20H25NO3S. The van der Waals surface area contributed by atoms with Gasteiger partial charge in [0, 0.05) is 16.5 Å². The van der Waals surface area contributed by atoms with Crippen molar-refractivity contribution in [1.29, 1.82) is 0 Å². The van der Waals surface area contributed by atoms with Gasteiger partial charge in [0.1, 0.15) is 0 Å². The maximum absolute atomic E-state index is 11.3. The van der Waals surface area contributed by atoms with Crippen LogP contribution in [-0.2, 0) is 6.42 Å². The van der Waals surface area contributed by atoms with Crippen molar-refractivity contribution in [3.05, 3.63) is 64.2 Å². The summed E-state index contributed by atoms with van der Waals surface area (Å²) >= 11 is 1.17. The first-order chi connectivity index (χ1) is 12.2. The first-order valence-electron chi connectivity index (χ1n) is 8.88. The highest BCUT2D eigenvalue weighted by Gasteiger charge is 2.19. The number of hydrogen-bond acceptors (Lipinski definition) is 4. The second kappa shape index (κ2) is 10.8. The molecule has 0 spiro atoms. The number of nitro benzene ring substituents is 1. The van der Waals surface area contributed by atoms with Gasteiger partial charge < -0.3 is 4.18 Å². The van der Waals surface area contributed by atoms with E-state index in [1.54, 1.807) is 6.07 Å². The molecule has 0 saturated heterocycles. The molecule has 0 amide bonds. The Hall–Kier alpha value is -2.01. The smallest absolute Gasteiger partial charge is 0.312 e. The lowest BCUT2D eigenvalue weighted by Crippen LogP contribution is -1.97. The monoisotopic (exact) mass is 359 g/mol. The van der Waals surface area contributed by atoms with E-state index in [9.17, 15) is 10.1 Å². The van der Waals surface area contributed by atoms with Gasteiger partial charge in [-0.1, -0.05) is 69.4 Å². The molecule has 134 valence electrons. The number of nitro groups is 1. The van der Waals surface area contributed by atoms with Crippen LogP contribution >= 0.6 is 12.0 Å². The Bertz CT molecular complexity index is 661. The predicted molar refractivity (Wildman–Crippen MR) is 103 cm³/mol. The van der Waals surface area contributed by atoms with Crippen LogP contribution in [0.3, 0.4) is 0 Å². The largest absolute Gasteiger partial charge is 0.413 e. The molecule has 0 heterocycles. The Morgan fingerprint density at radius 3 is 2.40 bits per heavy atom. The molecule has 0 aliphatic rings. The minimum Gasteiger partial charge on any atom is -0.413 e. The highest BCUT2D eigenvalue weighted by Crippen LogP contribution is 2.36. The molecule has 4 nitrogen and oxygen atoms in total. The van der Waals surface area contributed by atoms with Crippen molar-refractivity contribution in [3.63, 3.8) is 0 Å². The van der Waals surface area contributed by atoms with Gasteiger partial charge in [-0.05, 0) is 25.0 Å². The lowest BCUT2D eigenvalue weighted by molar-refractivity contribution is -0.385. The number of benzene rings is 2. The highest BCUT2D eigenvalue weighted by atomic mass is 32.2. The first kappa shape index (κ1) is 19.3. The molecular weight excluding hydrogens is 334 g/mol. The zero-order valence-corrected chi connectivity index (χ0v) is 15.5. The third-order valence-electron chi connectivity index (χ3n) is 4.04. The fourth-order valence-electron chi connectivity index (χ4n) is 2.67. The normalized spacial score (nSPS) is 10.6. The van der Waals surface area contributed by atoms with Crippen LogP contribution in [0.5, 0.6) is 5.75 Å². The molecule has 0 N–H and O–H groups in total. The van der Waals surface area contributed by atoms with E-state index < -0.39 is 0 Å². The average molecular weight is 359 g/mol. The SMILES string of the molecule is CCCCCCCCc1cccc([N+](=O)[O-])c1OSc1ccccc1. The van der Waals surface area contributed by atoms with Crippen molar-refractivity contribution in [2.24, 2.45) is 0 Å². The summed E-state index contributed by atoms with van der Waals surface area (Å²) in [6.07, 6.45) is 7.97. The van der Waals surface area contributed by atoms with Crippen molar-refractivity contribution in [3.8, 4) is 5.75 Å². The fourth-order valence-corrected chi connectivity index (χ4v) is 3.31. The van der Waals surface area contributed by atoms with Crippen molar-refractivity contribution in [2.45, 2.75) is 56.8 Å². The minimum absolute atomic E-state index is 0.0342. The molecule has 0 aromatic heterocycles. The summed E-state index contributed by atoms with van der Waals surface area (Å²) in [7, 11) is 0. The fraction of sp³-hybridized carbons (Fsp3) is 0.400. The summed E-state index contributed by atoms with van der Waals surface area (Å²) in [6, 6.07) is 14.8. The number of unbranched alkanes of at least 4 members (excludes halogenated alkanes) is 5. The van der Waals surface area contributed by atoms with Gasteiger partial charge in [-0.25, -0.2) is 0 Å². The second-order valence-electron chi connectivity index (χ2n) is 6.02. The molecule has 5 heteroatoms. The quantitative estimate of drug-likeness (QED) is 0.197. The molecule has 2 aromatic rings. The van der Waals surface area contributed by atoms with Crippen LogP contribution in [0.4, 0.5) is 5.69 Å². The van der Waals surface area contributed by atoms with Crippen LogP contribution in [0.25, 0.3) is 0 Å². The molecule has 2 aromatic carbocycles. The molecule has 0 aliphatic carbocycles. The maximum atomic E-state index is 11.3. The molecule has 0 radical (unpaired) electrons. The van der Waals surface area contributed by atoms with Gasteiger partial charge in [-0.15, -0.1) is 0 Å². The summed E-state index contributed by atoms with van der Waals surface area (Å²) < 4.78 is 5.79. The summed E-state index contributed by atoms with van der Waals surface area (Å²) in [5, 5.41) is 11.3. The molecule has 0 unspecified atom stereocenters. The van der Waals surface area contributed by atoms with Crippen molar-refractivity contribution < 1.29 is 9.11 Å². The van der Waals surface area contributed by atoms with Crippen molar-refractivity contribution >= 4 is 17.7 Å². The number of nitrogens with zero attached hydrogens (tertiary/aromatic N) is 1. The van der Waals surface area contributed by atoms with E-state index >= 15 is 0 Å². The molecule has 25 heavy (non-hydrogen) atoms. The number of hydrogen-bond donors (Lipinski definition) is 0. The summed E-state index contributed by atoms with van der Waals surface area (Å²) in [5.74, 6) is 0.384. The lowest BCUT2D eigenvalue weighted by Gasteiger charge is -2.10. The second-order valence-corrected chi connectivity index (χ2v) is 6.82. The summed E-state index contributed by atoms with van der Waals surface area (Å²) in [6.45, 7) is 2.21. The van der Waals surface area contributed by atoms with Crippen molar-refractivity contribution in [1.82, 2.24) is 0 Å². The highest BCUT2D eigenvalue weighted by molar-refractivity contribution is 7.95. The zero-order valence-electron chi connectivity index (χ0n) is 14.6. The van der Waals surface area contributed by atoms with Crippen LogP contribution in [0.2, 0.25) is 0 Å². The van der Waals surface area contributed by atoms with E-state index in [-0.39, 0.29) is 10.6 Å². The Morgan fingerprint density at radius 2 is 1.68 bits per heavy atom. The molecule has 2 rings (SSSR count). The van der Waals surface area contributed by atoms with E-state index in [0.717, 1.165) is 29.7 Å². The zero-order chi connectivity index (χ0) is 17.9. The Balaban J connectivity index is 2.02. The van der Waals surface area contributed by atoms with E-state index in [1.165, 1.54) is 43.8 Å². The van der Waals surface area contributed by atoms with E-state index in [2.05, 4.69) is 6.92 Å². The van der Waals surface area contributed by atoms with Gasteiger partial charge in [0.15, 0.2) is 0 Å².